The van der Waals surface area contributed by atoms with Crippen LogP contribution in [0, 0.1) is 29.6 Å². The minimum absolute atomic E-state index is 0.00754. The van der Waals surface area contributed by atoms with E-state index >= 15 is 0 Å². The number of aliphatic hydroxyl groups is 2. The highest BCUT2D eigenvalue weighted by molar-refractivity contribution is 5.99. The van der Waals surface area contributed by atoms with Crippen molar-refractivity contribution in [2.24, 2.45) is 41.1 Å². The van der Waals surface area contributed by atoms with Crippen LogP contribution in [0.15, 0.2) is 0 Å². The van der Waals surface area contributed by atoms with Crippen molar-refractivity contribution < 1.29 is 77.6 Å². The SMILES string of the molecule is CC(C)C[C@H](NC(=O)CNC(=O)[C@H](CC(C)C)NC(=O)[C@H](CC(N)=O)NC(=O)[C@@H](NC(=O)[C@H](CC(C)C)NC(=O)[C@H](CC(C)C)NC(=O)CNC(=O)[C@H](CO)NC(=O)[C@@H](NC(=O)[C@H](C)NC(=O)CN)C(C)C)[C@@H](C)O)C(=O)O. The van der Waals surface area contributed by atoms with Crippen molar-refractivity contribution >= 4 is 76.9 Å². The second kappa shape index (κ2) is 35.4. The van der Waals surface area contributed by atoms with E-state index < -0.39 is 169 Å². The molecule has 0 unspecified atom stereocenters. The van der Waals surface area contributed by atoms with Crippen LogP contribution in [0.25, 0.3) is 0 Å². The summed E-state index contributed by atoms with van der Waals surface area (Å²) in [5.41, 5.74) is 10.7. The highest BCUT2D eigenvalue weighted by Gasteiger charge is 2.36. The molecule has 0 aliphatic heterocycles. The molecular formula is C49H87N13O16. The summed E-state index contributed by atoms with van der Waals surface area (Å²) in [7, 11) is 0. The van der Waals surface area contributed by atoms with E-state index in [4.69, 9.17) is 11.5 Å². The van der Waals surface area contributed by atoms with E-state index in [1.165, 1.54) is 6.92 Å². The molecule has 0 heterocycles. The molecule has 0 saturated heterocycles. The lowest BCUT2D eigenvalue weighted by atomic mass is 9.99. The number of aliphatic hydroxyl groups excluding tert-OH is 2. The largest absolute Gasteiger partial charge is 0.480 e. The average Bonchev–Trinajstić information content (AvgIpc) is 3.32. The lowest BCUT2D eigenvalue weighted by Crippen LogP contribution is -2.62. The van der Waals surface area contributed by atoms with Crippen molar-refractivity contribution in [1.82, 2.24) is 58.5 Å². The molecule has 444 valence electrons. The number of carbonyl (C=O) groups excluding carboxylic acids is 12. The zero-order valence-corrected chi connectivity index (χ0v) is 46.8. The van der Waals surface area contributed by atoms with Gasteiger partial charge >= 0.3 is 5.97 Å². The van der Waals surface area contributed by atoms with Crippen LogP contribution in [-0.2, 0) is 62.3 Å². The zero-order valence-electron chi connectivity index (χ0n) is 46.8. The third-order valence-corrected chi connectivity index (χ3v) is 11.3. The Kier molecular flexibility index (Phi) is 32.2. The van der Waals surface area contributed by atoms with E-state index in [1.807, 2.05) is 0 Å². The van der Waals surface area contributed by atoms with E-state index in [0.29, 0.717) is 0 Å². The fourth-order valence-electron chi connectivity index (χ4n) is 7.38. The van der Waals surface area contributed by atoms with Gasteiger partial charge in [-0.25, -0.2) is 4.79 Å². The van der Waals surface area contributed by atoms with E-state index in [2.05, 4.69) is 58.5 Å². The predicted molar refractivity (Wildman–Crippen MR) is 281 cm³/mol. The van der Waals surface area contributed by atoms with Crippen molar-refractivity contribution in [3.63, 3.8) is 0 Å². The molecule has 0 aromatic rings. The third-order valence-electron chi connectivity index (χ3n) is 11.3. The number of nitrogens with two attached hydrogens (primary N) is 2. The van der Waals surface area contributed by atoms with Crippen molar-refractivity contribution in [3.8, 4) is 0 Å². The number of amides is 12. The summed E-state index contributed by atoms with van der Waals surface area (Å²) < 4.78 is 0. The Morgan fingerprint density at radius 1 is 0.410 bits per heavy atom. The number of nitrogens with one attached hydrogen (secondary N) is 11. The number of primary amides is 1. The average molecular weight is 1110 g/mol. The molecule has 0 aromatic heterocycles. The number of carboxylic acid groups (broad SMARTS) is 1. The van der Waals surface area contributed by atoms with Crippen molar-refractivity contribution in [2.45, 2.75) is 176 Å². The van der Waals surface area contributed by atoms with Crippen LogP contribution < -0.4 is 70.0 Å². The van der Waals surface area contributed by atoms with Crippen LogP contribution in [0.2, 0.25) is 0 Å². The Labute approximate surface area is 454 Å². The maximum absolute atomic E-state index is 13.9. The quantitative estimate of drug-likeness (QED) is 0.0279. The third kappa shape index (κ3) is 27.9. The Morgan fingerprint density at radius 2 is 0.769 bits per heavy atom. The van der Waals surface area contributed by atoms with Gasteiger partial charge in [-0.1, -0.05) is 69.2 Å². The Morgan fingerprint density at radius 3 is 1.18 bits per heavy atom. The molecule has 0 rings (SSSR count). The van der Waals surface area contributed by atoms with Gasteiger partial charge in [0.2, 0.25) is 70.9 Å². The standard InChI is InChI=1S/C49H87N13O16/c1-22(2)13-29(42(70)52-20-38(68)56-33(49(77)78)16-25(7)8)57-45(73)32(17-35(51)65)59-48(76)40(28(12)64)62-46(74)31(15-24(5)6)58-44(72)30(14-23(3)4)55-37(67)19-53-43(71)34(21-63)60-47(75)39(26(9)10)61-41(69)27(11)54-36(66)18-50/h22-34,39-40,63-64H,13-21,50H2,1-12H3,(H2,51,65)(H,52,70)(H,53,71)(H,54,66)(H,55,67)(H,56,68)(H,57,73)(H,58,72)(H,59,76)(H,60,75)(H,61,69)(H,62,74)(H,77,78)/t27-,28+,29-,30-,31-,32-,33-,34-,39-,40-/m0/s1. The number of rotatable bonds is 36. The molecule has 0 saturated carbocycles. The van der Waals surface area contributed by atoms with Crippen molar-refractivity contribution in [3.05, 3.63) is 0 Å². The van der Waals surface area contributed by atoms with Gasteiger partial charge in [0.25, 0.3) is 0 Å². The van der Waals surface area contributed by atoms with Crippen LogP contribution in [0.4, 0.5) is 0 Å². The first-order valence-corrected chi connectivity index (χ1v) is 25.9. The highest BCUT2D eigenvalue weighted by Crippen LogP contribution is 2.12. The minimum atomic E-state index is -1.83. The Balaban J connectivity index is 6.19. The summed E-state index contributed by atoms with van der Waals surface area (Å²) in [4.78, 5) is 169. The topological polar surface area (TPSA) is 467 Å². The van der Waals surface area contributed by atoms with Gasteiger partial charge < -0.3 is 85.3 Å². The second-order valence-electron chi connectivity index (χ2n) is 21.1. The molecule has 0 fully saturated rings. The fraction of sp³-hybridized carbons (Fsp3) is 0.735. The zero-order chi connectivity index (χ0) is 60.3. The molecule has 0 spiro atoms. The van der Waals surface area contributed by atoms with E-state index in [9.17, 15) is 77.6 Å². The molecule has 12 amide bonds. The minimum Gasteiger partial charge on any atom is -0.480 e. The first-order chi connectivity index (χ1) is 36.1. The number of hydrogen-bond donors (Lipinski definition) is 16. The fourth-order valence-corrected chi connectivity index (χ4v) is 7.38. The lowest BCUT2D eigenvalue weighted by Gasteiger charge is -2.29. The first kappa shape index (κ1) is 71.0. The maximum Gasteiger partial charge on any atom is 0.326 e. The molecule has 29 heteroatoms. The molecule has 0 aromatic carbocycles. The molecule has 10 atom stereocenters. The van der Waals surface area contributed by atoms with Crippen molar-refractivity contribution in [2.75, 3.05) is 26.2 Å². The first-order valence-electron chi connectivity index (χ1n) is 25.9. The number of hydrogen-bond acceptors (Lipinski definition) is 16. The van der Waals surface area contributed by atoms with Gasteiger partial charge in [0.05, 0.1) is 38.8 Å². The van der Waals surface area contributed by atoms with Crippen LogP contribution in [0.5, 0.6) is 0 Å². The molecule has 0 radical (unpaired) electrons. The summed E-state index contributed by atoms with van der Waals surface area (Å²) in [5.74, 6) is -13.7. The van der Waals surface area contributed by atoms with Crippen molar-refractivity contribution in [1.29, 1.82) is 0 Å². The van der Waals surface area contributed by atoms with Crippen LogP contribution in [0.3, 0.4) is 0 Å². The van der Waals surface area contributed by atoms with E-state index in [1.54, 1.807) is 69.2 Å². The van der Waals surface area contributed by atoms with Crippen LogP contribution >= 0.6 is 0 Å². The van der Waals surface area contributed by atoms with E-state index in [-0.39, 0.29) is 55.9 Å². The molecule has 0 bridgehead atoms. The number of carboxylic acids is 1. The molecular weight excluding hydrogens is 1030 g/mol. The smallest absolute Gasteiger partial charge is 0.326 e. The van der Waals surface area contributed by atoms with Gasteiger partial charge in [-0.2, -0.15) is 0 Å². The predicted octanol–water partition coefficient (Wildman–Crippen LogP) is -5.27. The molecule has 0 aliphatic carbocycles. The van der Waals surface area contributed by atoms with Gasteiger partial charge in [0.15, 0.2) is 0 Å². The molecule has 78 heavy (non-hydrogen) atoms. The Bertz CT molecular complexity index is 2090. The monoisotopic (exact) mass is 1110 g/mol. The van der Waals surface area contributed by atoms with E-state index in [0.717, 1.165) is 6.92 Å². The highest BCUT2D eigenvalue weighted by atomic mass is 16.4. The van der Waals surface area contributed by atoms with Gasteiger partial charge in [0, 0.05) is 0 Å². The molecule has 29 nitrogen and oxygen atoms in total. The summed E-state index contributed by atoms with van der Waals surface area (Å²) in [6, 6.07) is -12.8. The molecule has 18 N–H and O–H groups in total. The summed E-state index contributed by atoms with van der Waals surface area (Å²) in [6.07, 6.45) is -2.41. The normalized spacial score (nSPS) is 15.1. The van der Waals surface area contributed by atoms with Gasteiger partial charge in [-0.3, -0.25) is 57.5 Å². The summed E-state index contributed by atoms with van der Waals surface area (Å²) in [5, 5.41) is 56.4. The van der Waals surface area contributed by atoms with Gasteiger partial charge in [-0.15, -0.1) is 0 Å². The van der Waals surface area contributed by atoms with Gasteiger partial charge in [-0.05, 0) is 69.1 Å². The lowest BCUT2D eigenvalue weighted by molar-refractivity contribution is -0.142. The number of carbonyl (C=O) groups is 13. The summed E-state index contributed by atoms with van der Waals surface area (Å²) in [6.45, 7) is 16.8. The molecule has 0 aliphatic rings. The van der Waals surface area contributed by atoms with Crippen LogP contribution in [0.1, 0.15) is 115 Å². The number of aliphatic carboxylic acids is 1. The summed E-state index contributed by atoms with van der Waals surface area (Å²) >= 11 is 0. The maximum atomic E-state index is 13.9. The Hall–Kier alpha value is -7.01. The second-order valence-corrected chi connectivity index (χ2v) is 21.1. The van der Waals surface area contributed by atoms with Crippen LogP contribution in [-0.4, -0.2) is 179 Å². The van der Waals surface area contributed by atoms with Gasteiger partial charge in [0.1, 0.15) is 54.4 Å².